The van der Waals surface area contributed by atoms with Crippen molar-refractivity contribution in [1.29, 1.82) is 0 Å². The molecule has 0 amide bonds. The van der Waals surface area contributed by atoms with E-state index in [0.717, 1.165) is 34.6 Å². The fraction of sp³-hybridized carbons (Fsp3) is 0.278. The van der Waals surface area contributed by atoms with Crippen LogP contribution in [-0.2, 0) is 0 Å². The molecule has 0 radical (unpaired) electrons. The van der Waals surface area contributed by atoms with Crippen molar-refractivity contribution in [3.8, 4) is 11.3 Å². The minimum Gasteiger partial charge on any atom is -0.356 e. The summed E-state index contributed by atoms with van der Waals surface area (Å²) >= 11 is 0. The summed E-state index contributed by atoms with van der Waals surface area (Å²) in [5, 5.41) is 5.32. The summed E-state index contributed by atoms with van der Waals surface area (Å²) in [4.78, 5) is 0. The Balaban J connectivity index is 1.80. The third-order valence-corrected chi connectivity index (χ3v) is 4.28. The second kappa shape index (κ2) is 5.01. The van der Waals surface area contributed by atoms with Crippen molar-refractivity contribution in [2.45, 2.75) is 25.3 Å². The van der Waals surface area contributed by atoms with Crippen LogP contribution in [0.4, 0.5) is 0 Å². The van der Waals surface area contributed by atoms with Gasteiger partial charge in [0, 0.05) is 17.0 Å². The van der Waals surface area contributed by atoms with E-state index >= 15 is 0 Å². The molecule has 3 nitrogen and oxygen atoms in total. The highest BCUT2D eigenvalue weighted by Gasteiger charge is 2.26. The van der Waals surface area contributed by atoms with Crippen LogP contribution in [0.2, 0.25) is 0 Å². The van der Waals surface area contributed by atoms with E-state index in [0.29, 0.717) is 0 Å². The van der Waals surface area contributed by atoms with Crippen LogP contribution >= 0.6 is 0 Å². The molecule has 3 aromatic rings. The number of nitrogens with zero attached hydrogens (tertiary/aromatic N) is 1. The van der Waals surface area contributed by atoms with E-state index < -0.39 is 0 Å². The van der Waals surface area contributed by atoms with Gasteiger partial charge in [0.05, 0.1) is 0 Å². The molecule has 0 saturated heterocycles. The first-order chi connectivity index (χ1) is 10.3. The van der Waals surface area contributed by atoms with Crippen molar-refractivity contribution in [3.05, 3.63) is 54.1 Å². The van der Waals surface area contributed by atoms with Crippen molar-refractivity contribution >= 4 is 11.0 Å². The first kappa shape index (κ1) is 12.6. The number of hydrogen-bond donors (Lipinski definition) is 1. The number of benzene rings is 2. The maximum Gasteiger partial charge on any atom is 0.167 e. The Kier molecular flexibility index (Phi) is 3.00. The molecule has 1 fully saturated rings. The van der Waals surface area contributed by atoms with Crippen LogP contribution in [0.15, 0.2) is 53.1 Å². The minimum absolute atomic E-state index is 0.0733. The molecule has 106 valence electrons. The lowest BCUT2D eigenvalue weighted by atomic mass is 9.94. The van der Waals surface area contributed by atoms with E-state index in [1.54, 1.807) is 0 Å². The van der Waals surface area contributed by atoms with Crippen LogP contribution in [-0.4, -0.2) is 5.16 Å². The largest absolute Gasteiger partial charge is 0.356 e. The van der Waals surface area contributed by atoms with Crippen molar-refractivity contribution < 1.29 is 4.52 Å². The molecule has 1 unspecified atom stereocenters. The number of hydrogen-bond acceptors (Lipinski definition) is 3. The number of aromatic nitrogens is 1. The van der Waals surface area contributed by atoms with Gasteiger partial charge >= 0.3 is 0 Å². The van der Waals surface area contributed by atoms with Gasteiger partial charge in [-0.25, -0.2) is 0 Å². The summed E-state index contributed by atoms with van der Waals surface area (Å²) in [5.74, 6) is 0.808. The third-order valence-electron chi connectivity index (χ3n) is 4.28. The summed E-state index contributed by atoms with van der Waals surface area (Å²) < 4.78 is 5.44. The molecule has 1 aliphatic rings. The number of fused-ring (bicyclic) bond motifs is 1. The lowest BCUT2D eigenvalue weighted by molar-refractivity contribution is 0.459. The highest BCUT2D eigenvalue weighted by molar-refractivity contribution is 5.92. The van der Waals surface area contributed by atoms with Gasteiger partial charge in [-0.2, -0.15) is 0 Å². The summed E-state index contributed by atoms with van der Waals surface area (Å²) in [6, 6.07) is 16.3. The van der Waals surface area contributed by atoms with Gasteiger partial charge in [0.2, 0.25) is 0 Å². The maximum atomic E-state index is 6.43. The Morgan fingerprint density at radius 1 is 1.10 bits per heavy atom. The van der Waals surface area contributed by atoms with Gasteiger partial charge < -0.3 is 10.3 Å². The van der Waals surface area contributed by atoms with Crippen molar-refractivity contribution in [2.75, 3.05) is 0 Å². The van der Waals surface area contributed by atoms with Gasteiger partial charge in [0.25, 0.3) is 0 Å². The fourth-order valence-electron chi connectivity index (χ4n) is 2.96. The SMILES string of the molecule is NC(CC1CC1)c1ccccc1-c1noc2ccccc12. The molecule has 4 rings (SSSR count). The van der Waals surface area contributed by atoms with E-state index in [2.05, 4.69) is 17.3 Å². The predicted octanol–water partition coefficient (Wildman–Crippen LogP) is 4.29. The molecule has 1 aromatic heterocycles. The summed E-state index contributed by atoms with van der Waals surface area (Å²) in [6.45, 7) is 0. The van der Waals surface area contributed by atoms with Crippen LogP contribution in [0, 0.1) is 5.92 Å². The van der Waals surface area contributed by atoms with Crippen LogP contribution < -0.4 is 5.73 Å². The van der Waals surface area contributed by atoms with Crippen LogP contribution in [0.1, 0.15) is 30.9 Å². The highest BCUT2D eigenvalue weighted by atomic mass is 16.5. The Bertz CT molecular complexity index is 773. The molecule has 3 heteroatoms. The average molecular weight is 278 g/mol. The molecule has 0 bridgehead atoms. The van der Waals surface area contributed by atoms with E-state index in [4.69, 9.17) is 10.3 Å². The average Bonchev–Trinajstić information content (AvgIpc) is 3.23. The Hall–Kier alpha value is -2.13. The lowest BCUT2D eigenvalue weighted by Crippen LogP contribution is -2.12. The normalized spacial score (nSPS) is 16.2. The summed E-state index contributed by atoms with van der Waals surface area (Å²) in [5.41, 5.74) is 10.4. The Morgan fingerprint density at radius 2 is 1.86 bits per heavy atom. The quantitative estimate of drug-likeness (QED) is 0.774. The molecular weight excluding hydrogens is 260 g/mol. The van der Waals surface area contributed by atoms with Crippen LogP contribution in [0.25, 0.3) is 22.2 Å². The number of para-hydroxylation sites is 1. The van der Waals surface area contributed by atoms with E-state index in [1.165, 1.54) is 18.4 Å². The standard InChI is InChI=1S/C18H18N2O/c19-16(11-12-9-10-12)13-5-1-2-6-14(13)18-15-7-3-4-8-17(15)21-20-18/h1-8,12,16H,9-11,19H2. The zero-order valence-electron chi connectivity index (χ0n) is 11.8. The first-order valence-corrected chi connectivity index (χ1v) is 7.52. The highest BCUT2D eigenvalue weighted by Crippen LogP contribution is 2.39. The maximum absolute atomic E-state index is 6.43. The molecule has 1 aliphatic carbocycles. The van der Waals surface area contributed by atoms with Gasteiger partial charge in [-0.15, -0.1) is 0 Å². The van der Waals surface area contributed by atoms with Crippen LogP contribution in [0.3, 0.4) is 0 Å². The molecule has 0 aliphatic heterocycles. The zero-order valence-corrected chi connectivity index (χ0v) is 11.8. The lowest BCUT2D eigenvalue weighted by Gasteiger charge is -2.15. The van der Waals surface area contributed by atoms with E-state index in [9.17, 15) is 0 Å². The molecular formula is C18H18N2O. The van der Waals surface area contributed by atoms with Gasteiger partial charge in [0.15, 0.2) is 5.58 Å². The van der Waals surface area contributed by atoms with E-state index in [-0.39, 0.29) is 6.04 Å². The second-order valence-corrected chi connectivity index (χ2v) is 5.90. The van der Waals surface area contributed by atoms with Crippen molar-refractivity contribution in [1.82, 2.24) is 5.16 Å². The predicted molar refractivity (Wildman–Crippen MR) is 83.7 cm³/mol. The topological polar surface area (TPSA) is 52.0 Å². The fourth-order valence-corrected chi connectivity index (χ4v) is 2.96. The van der Waals surface area contributed by atoms with Gasteiger partial charge in [-0.05, 0) is 30.0 Å². The molecule has 2 N–H and O–H groups in total. The molecule has 0 spiro atoms. The molecule has 1 heterocycles. The van der Waals surface area contributed by atoms with E-state index in [1.807, 2.05) is 36.4 Å². The van der Waals surface area contributed by atoms with Crippen molar-refractivity contribution in [2.24, 2.45) is 11.7 Å². The smallest absolute Gasteiger partial charge is 0.167 e. The van der Waals surface area contributed by atoms with Gasteiger partial charge in [-0.1, -0.05) is 54.4 Å². The molecule has 1 saturated carbocycles. The number of nitrogens with two attached hydrogens (primary N) is 1. The van der Waals surface area contributed by atoms with Crippen molar-refractivity contribution in [3.63, 3.8) is 0 Å². The second-order valence-electron chi connectivity index (χ2n) is 5.90. The minimum atomic E-state index is 0.0733. The molecule has 1 atom stereocenters. The zero-order chi connectivity index (χ0) is 14.2. The summed E-state index contributed by atoms with van der Waals surface area (Å²) in [7, 11) is 0. The van der Waals surface area contributed by atoms with Gasteiger partial charge in [0.1, 0.15) is 5.69 Å². The third kappa shape index (κ3) is 2.34. The number of rotatable bonds is 4. The monoisotopic (exact) mass is 278 g/mol. The Morgan fingerprint density at radius 3 is 2.71 bits per heavy atom. The Labute approximate surface area is 123 Å². The van der Waals surface area contributed by atoms with Gasteiger partial charge in [-0.3, -0.25) is 0 Å². The summed E-state index contributed by atoms with van der Waals surface area (Å²) in [6.07, 6.45) is 3.71. The molecule has 2 aromatic carbocycles. The molecule has 21 heavy (non-hydrogen) atoms. The van der Waals surface area contributed by atoms with Crippen LogP contribution in [0.5, 0.6) is 0 Å². The first-order valence-electron chi connectivity index (χ1n) is 7.52.